The fourth-order valence-corrected chi connectivity index (χ4v) is 6.42. The monoisotopic (exact) mass is 589 g/mol. The van der Waals surface area contributed by atoms with Gasteiger partial charge in [-0.2, -0.15) is 4.98 Å². The van der Waals surface area contributed by atoms with Crippen molar-refractivity contribution in [2.45, 2.75) is 63.5 Å². The summed E-state index contributed by atoms with van der Waals surface area (Å²) in [6, 6.07) is 9.75. The first kappa shape index (κ1) is 29.1. The average molecular weight is 590 g/mol. The number of benzene rings is 1. The fourth-order valence-electron chi connectivity index (χ4n) is 6.42. The highest BCUT2D eigenvalue weighted by Gasteiger charge is 2.43. The lowest BCUT2D eigenvalue weighted by atomic mass is 9.84. The molecule has 0 unspecified atom stereocenters. The van der Waals surface area contributed by atoms with Crippen LogP contribution in [0.15, 0.2) is 41.3 Å². The summed E-state index contributed by atoms with van der Waals surface area (Å²) in [6.45, 7) is 5.00. The van der Waals surface area contributed by atoms with E-state index < -0.39 is 17.6 Å². The molecule has 0 radical (unpaired) electrons. The van der Waals surface area contributed by atoms with Crippen LogP contribution in [0.25, 0.3) is 22.2 Å². The Labute approximate surface area is 250 Å². The van der Waals surface area contributed by atoms with E-state index >= 15 is 0 Å². The normalized spacial score (nSPS) is 19.7. The number of amides is 2. The summed E-state index contributed by atoms with van der Waals surface area (Å²) in [7, 11) is 0. The number of carbonyl (C=O) groups excluding carboxylic acids is 2. The first-order valence-electron chi connectivity index (χ1n) is 15.2. The van der Waals surface area contributed by atoms with E-state index in [1.165, 1.54) is 0 Å². The highest BCUT2D eigenvalue weighted by molar-refractivity contribution is 5.86. The molecule has 0 atom stereocenters. The van der Waals surface area contributed by atoms with Crippen LogP contribution in [0.3, 0.4) is 0 Å². The van der Waals surface area contributed by atoms with Crippen LogP contribution in [0.1, 0.15) is 56.6 Å². The summed E-state index contributed by atoms with van der Waals surface area (Å²) in [6.07, 6.45) is 6.29. The summed E-state index contributed by atoms with van der Waals surface area (Å²) < 4.78 is 13.1. The molecule has 3 aliphatic rings. The van der Waals surface area contributed by atoms with Crippen LogP contribution >= 0.6 is 0 Å². The van der Waals surface area contributed by atoms with E-state index in [0.29, 0.717) is 69.4 Å². The second-order valence-corrected chi connectivity index (χ2v) is 11.7. The summed E-state index contributed by atoms with van der Waals surface area (Å²) in [5, 5.41) is 2.72. The molecule has 1 aromatic carbocycles. The maximum absolute atomic E-state index is 14.0. The van der Waals surface area contributed by atoms with Gasteiger partial charge in [-0.3, -0.25) is 19.6 Å². The van der Waals surface area contributed by atoms with E-state index in [1.54, 1.807) is 11.1 Å². The number of nitrogens with one attached hydrogen (secondary N) is 1. The van der Waals surface area contributed by atoms with Crippen molar-refractivity contribution in [3.05, 3.63) is 52.4 Å². The summed E-state index contributed by atoms with van der Waals surface area (Å²) in [5.41, 5.74) is 10.8. The number of primary amides is 1. The molecule has 6 rings (SSSR count). The van der Waals surface area contributed by atoms with Crippen LogP contribution < -0.4 is 16.7 Å². The molecule has 2 saturated heterocycles. The number of fused-ring (bicyclic) bond motifs is 1. The van der Waals surface area contributed by atoms with Crippen molar-refractivity contribution in [1.82, 2.24) is 24.4 Å². The van der Waals surface area contributed by atoms with E-state index in [-0.39, 0.29) is 11.6 Å². The number of hydrazine groups is 1. The van der Waals surface area contributed by atoms with Crippen LogP contribution in [0.4, 0.5) is 10.7 Å². The Morgan fingerprint density at radius 1 is 1.05 bits per heavy atom. The summed E-state index contributed by atoms with van der Waals surface area (Å²) in [5.74, 6) is -0.193. The van der Waals surface area contributed by atoms with Gasteiger partial charge < -0.3 is 20.1 Å². The largest absolute Gasteiger partial charge is 0.433 e. The maximum Gasteiger partial charge on any atom is 0.410 e. The van der Waals surface area contributed by atoms with Gasteiger partial charge in [0.2, 0.25) is 5.95 Å². The van der Waals surface area contributed by atoms with E-state index in [9.17, 15) is 14.4 Å². The van der Waals surface area contributed by atoms with Gasteiger partial charge in [-0.25, -0.2) is 14.8 Å². The van der Waals surface area contributed by atoms with Crippen LogP contribution in [0.5, 0.6) is 0 Å². The zero-order valence-electron chi connectivity index (χ0n) is 24.6. The van der Waals surface area contributed by atoms with Gasteiger partial charge in [0.15, 0.2) is 5.60 Å². The van der Waals surface area contributed by atoms with E-state index in [1.807, 2.05) is 46.8 Å². The predicted molar refractivity (Wildman–Crippen MR) is 161 cm³/mol. The topological polar surface area (TPSA) is 145 Å². The molecule has 1 aliphatic carbocycles. The van der Waals surface area contributed by atoms with E-state index in [4.69, 9.17) is 20.2 Å². The molecule has 0 spiro atoms. The Morgan fingerprint density at radius 2 is 1.77 bits per heavy atom. The number of nitrogens with two attached hydrogens (primary N) is 1. The molecule has 228 valence electrons. The molecule has 2 amide bonds. The zero-order chi connectivity index (χ0) is 30.0. The van der Waals surface area contributed by atoms with Crippen molar-refractivity contribution in [3.63, 3.8) is 0 Å². The van der Waals surface area contributed by atoms with Crippen LogP contribution in [-0.2, 0) is 14.3 Å². The minimum atomic E-state index is -1.21. The second kappa shape index (κ2) is 12.3. The first-order valence-corrected chi connectivity index (χ1v) is 15.2. The number of hydrogen-bond acceptors (Lipinski definition) is 9. The minimum Gasteiger partial charge on any atom is -0.433 e. The lowest BCUT2D eigenvalue weighted by molar-refractivity contribution is -0.141. The Balaban J connectivity index is 1.20. The van der Waals surface area contributed by atoms with Gasteiger partial charge in [-0.15, -0.1) is 0 Å². The number of nitrogens with zero attached hydrogens (tertiary/aromatic N) is 5. The molecule has 0 bridgehead atoms. The SMILES string of the molecule is Cc1ccccc1-c1cc2cnc(NN3CCN(C(=O)OC4(C(N)=O)CCCCC4)CC3)nc2n(C2CCOCC2)c1=O. The van der Waals surface area contributed by atoms with Gasteiger partial charge in [0.1, 0.15) is 5.65 Å². The Morgan fingerprint density at radius 3 is 2.47 bits per heavy atom. The molecule has 12 nitrogen and oxygen atoms in total. The smallest absolute Gasteiger partial charge is 0.410 e. The number of piperazine rings is 1. The van der Waals surface area contributed by atoms with Crippen molar-refractivity contribution in [2.75, 3.05) is 44.8 Å². The van der Waals surface area contributed by atoms with Crippen molar-refractivity contribution in [2.24, 2.45) is 5.73 Å². The molecule has 12 heteroatoms. The quantitative estimate of drug-likeness (QED) is 0.442. The molecule has 43 heavy (non-hydrogen) atoms. The molecular weight excluding hydrogens is 550 g/mol. The molecular formula is C31H39N7O5. The number of carbonyl (C=O) groups is 2. The Hall–Kier alpha value is -4.03. The van der Waals surface area contributed by atoms with Crippen LogP contribution in [0, 0.1) is 6.92 Å². The molecule has 3 fully saturated rings. The van der Waals surface area contributed by atoms with Crippen molar-refractivity contribution >= 4 is 29.0 Å². The number of pyridine rings is 1. The Bertz CT molecular complexity index is 1550. The van der Waals surface area contributed by atoms with Crippen LogP contribution in [-0.4, -0.2) is 81.4 Å². The van der Waals surface area contributed by atoms with Crippen molar-refractivity contribution < 1.29 is 19.1 Å². The van der Waals surface area contributed by atoms with Gasteiger partial charge >= 0.3 is 6.09 Å². The lowest BCUT2D eigenvalue weighted by Gasteiger charge is -2.38. The van der Waals surface area contributed by atoms with Crippen LogP contribution in [0.2, 0.25) is 0 Å². The molecule has 2 aliphatic heterocycles. The third-order valence-electron chi connectivity index (χ3n) is 8.95. The standard InChI is InChI=1S/C31H39N7O5/c1-21-7-3-4-8-24(21)25-19-22-20-33-29(34-26(22)38(27(25)39)23-9-17-42-18-10-23)35-37-15-13-36(14-16-37)30(41)43-31(28(32)40)11-5-2-6-12-31/h3-4,7-8,19-20,23H,2,5-6,9-18H2,1H3,(H2,32,40)(H,33,34,35). The van der Waals surface area contributed by atoms with E-state index in [2.05, 4.69) is 10.4 Å². The van der Waals surface area contributed by atoms with Gasteiger partial charge in [-0.1, -0.05) is 30.7 Å². The third-order valence-corrected chi connectivity index (χ3v) is 8.95. The highest BCUT2D eigenvalue weighted by atomic mass is 16.6. The van der Waals surface area contributed by atoms with Gasteiger partial charge in [0.25, 0.3) is 11.5 Å². The lowest BCUT2D eigenvalue weighted by Crippen LogP contribution is -2.55. The third kappa shape index (κ3) is 5.94. The van der Waals surface area contributed by atoms with Gasteiger partial charge in [0, 0.05) is 62.6 Å². The second-order valence-electron chi connectivity index (χ2n) is 11.7. The predicted octanol–water partition coefficient (Wildman–Crippen LogP) is 3.39. The fraction of sp³-hybridized carbons (Fsp3) is 0.516. The molecule has 3 aromatic rings. The average Bonchev–Trinajstić information content (AvgIpc) is 3.02. The molecule has 4 heterocycles. The number of aromatic nitrogens is 3. The zero-order valence-corrected chi connectivity index (χ0v) is 24.6. The molecule has 1 saturated carbocycles. The van der Waals surface area contributed by atoms with Crippen molar-refractivity contribution in [3.8, 4) is 11.1 Å². The first-order chi connectivity index (χ1) is 20.8. The summed E-state index contributed by atoms with van der Waals surface area (Å²) >= 11 is 0. The minimum absolute atomic E-state index is 0.0297. The van der Waals surface area contributed by atoms with Gasteiger partial charge in [0.05, 0.1) is 0 Å². The Kier molecular flexibility index (Phi) is 8.31. The number of ether oxygens (including phenoxy) is 2. The number of hydrogen-bond donors (Lipinski definition) is 2. The van der Waals surface area contributed by atoms with E-state index in [0.717, 1.165) is 48.6 Å². The number of anilines is 1. The number of aryl methyl sites for hydroxylation is 1. The summed E-state index contributed by atoms with van der Waals surface area (Å²) in [4.78, 5) is 50.1. The number of rotatable bonds is 6. The molecule has 3 N–H and O–H groups in total. The van der Waals surface area contributed by atoms with Crippen molar-refractivity contribution in [1.29, 1.82) is 0 Å². The van der Waals surface area contributed by atoms with Gasteiger partial charge in [-0.05, 0) is 62.6 Å². The molecule has 2 aromatic heterocycles. The maximum atomic E-state index is 14.0. The highest BCUT2D eigenvalue weighted by Crippen LogP contribution is 2.32.